The zero-order valence-corrected chi connectivity index (χ0v) is 14.5. The van der Waals surface area contributed by atoms with Gasteiger partial charge >= 0.3 is 0 Å². The van der Waals surface area contributed by atoms with E-state index in [0.29, 0.717) is 28.3 Å². The number of para-hydroxylation sites is 2. The molecule has 0 unspecified atom stereocenters. The topological polar surface area (TPSA) is 100 Å². The fraction of sp³-hybridized carbons (Fsp3) is 0.158. The van der Waals surface area contributed by atoms with Gasteiger partial charge in [-0.15, -0.1) is 0 Å². The van der Waals surface area contributed by atoms with Gasteiger partial charge in [0.1, 0.15) is 17.4 Å². The van der Waals surface area contributed by atoms with Crippen molar-refractivity contribution in [1.29, 1.82) is 5.26 Å². The number of aliphatic hydroxyl groups excluding tert-OH is 1. The molecule has 7 nitrogen and oxygen atoms in total. The molecule has 26 heavy (non-hydrogen) atoms. The lowest BCUT2D eigenvalue weighted by molar-refractivity contribution is 0.324. The van der Waals surface area contributed by atoms with E-state index in [1.807, 2.05) is 30.3 Å². The number of nitrogens with zero attached hydrogens (tertiary/aromatic N) is 2. The number of rotatable bonds is 5. The molecular formula is C19H17N3O4. The average molecular weight is 351 g/mol. The summed E-state index contributed by atoms with van der Waals surface area (Å²) in [6, 6.07) is 12.5. The van der Waals surface area contributed by atoms with E-state index in [1.165, 1.54) is 21.3 Å². The zero-order chi connectivity index (χ0) is 18.7. The minimum absolute atomic E-state index is 0.00970. The Hall–Kier alpha value is -3.66. The second-order valence-electron chi connectivity index (χ2n) is 5.35. The molecular weight excluding hydrogens is 334 g/mol. The van der Waals surface area contributed by atoms with Gasteiger partial charge in [0.25, 0.3) is 0 Å². The number of aromatic nitrogens is 2. The highest BCUT2D eigenvalue weighted by Crippen LogP contribution is 2.40. The van der Waals surface area contributed by atoms with Gasteiger partial charge in [-0.1, -0.05) is 12.1 Å². The van der Waals surface area contributed by atoms with Crippen molar-refractivity contribution in [2.45, 2.75) is 0 Å². The van der Waals surface area contributed by atoms with Crippen LogP contribution in [-0.2, 0) is 0 Å². The highest BCUT2D eigenvalue weighted by molar-refractivity contribution is 5.94. The van der Waals surface area contributed by atoms with E-state index in [1.54, 1.807) is 12.1 Å². The van der Waals surface area contributed by atoms with Crippen molar-refractivity contribution in [3.05, 3.63) is 47.8 Å². The summed E-state index contributed by atoms with van der Waals surface area (Å²) < 4.78 is 15.9. The quantitative estimate of drug-likeness (QED) is 0.539. The summed E-state index contributed by atoms with van der Waals surface area (Å²) >= 11 is 0. The number of benzene rings is 2. The van der Waals surface area contributed by atoms with Crippen LogP contribution in [-0.4, -0.2) is 36.4 Å². The number of nitrogens with one attached hydrogen (secondary N) is 1. The first-order valence-electron chi connectivity index (χ1n) is 7.71. The van der Waals surface area contributed by atoms with Crippen LogP contribution in [0.15, 0.2) is 36.4 Å². The maximum atomic E-state index is 10.7. The van der Waals surface area contributed by atoms with Crippen LogP contribution < -0.4 is 14.2 Å². The predicted molar refractivity (Wildman–Crippen MR) is 97.2 cm³/mol. The number of fused-ring (bicyclic) bond motifs is 1. The van der Waals surface area contributed by atoms with Gasteiger partial charge in [-0.2, -0.15) is 5.26 Å². The molecule has 0 bridgehead atoms. The van der Waals surface area contributed by atoms with Crippen molar-refractivity contribution >= 4 is 22.4 Å². The summed E-state index contributed by atoms with van der Waals surface area (Å²) in [5, 5.41) is 20.3. The summed E-state index contributed by atoms with van der Waals surface area (Å²) in [6.45, 7) is 0. The molecule has 1 heterocycles. The molecule has 0 aliphatic carbocycles. The number of aromatic amines is 1. The number of hydrogen-bond donors (Lipinski definition) is 2. The average Bonchev–Trinajstić information content (AvgIpc) is 3.10. The summed E-state index contributed by atoms with van der Waals surface area (Å²) in [5.74, 6) is 1.17. The molecule has 0 amide bonds. The Labute approximate surface area is 150 Å². The molecule has 7 heteroatoms. The minimum atomic E-state index is -0.245. The SMILES string of the molecule is COc1cc(C(O)=C(C#N)c2nc3ccccc3[nH]2)cc(OC)c1OC. The molecule has 3 aromatic rings. The van der Waals surface area contributed by atoms with E-state index >= 15 is 0 Å². The normalized spacial score (nSPS) is 11.6. The van der Waals surface area contributed by atoms with Gasteiger partial charge in [0.05, 0.1) is 32.4 Å². The fourth-order valence-corrected chi connectivity index (χ4v) is 2.65. The second kappa shape index (κ2) is 7.07. The van der Waals surface area contributed by atoms with E-state index in [9.17, 15) is 10.4 Å². The van der Waals surface area contributed by atoms with Crippen LogP contribution in [0.2, 0.25) is 0 Å². The van der Waals surface area contributed by atoms with Crippen molar-refractivity contribution in [3.63, 3.8) is 0 Å². The molecule has 0 fully saturated rings. The summed E-state index contributed by atoms with van der Waals surface area (Å²) in [6.07, 6.45) is 0. The van der Waals surface area contributed by atoms with Gasteiger partial charge in [0.15, 0.2) is 17.3 Å². The monoisotopic (exact) mass is 351 g/mol. The molecule has 0 saturated heterocycles. The molecule has 1 aromatic heterocycles. The Bertz CT molecular complexity index is 973. The van der Waals surface area contributed by atoms with Gasteiger partial charge in [0, 0.05) is 5.56 Å². The number of methoxy groups -OCH3 is 3. The molecule has 0 aliphatic rings. The molecule has 0 saturated carbocycles. The van der Waals surface area contributed by atoms with Crippen LogP contribution in [0.25, 0.3) is 22.4 Å². The van der Waals surface area contributed by atoms with Crippen LogP contribution in [0.5, 0.6) is 17.2 Å². The predicted octanol–water partition coefficient (Wildman–Crippen LogP) is 3.54. The highest BCUT2D eigenvalue weighted by atomic mass is 16.5. The molecule has 3 rings (SSSR count). The van der Waals surface area contributed by atoms with Crippen LogP contribution in [0, 0.1) is 11.3 Å². The largest absolute Gasteiger partial charge is 0.506 e. The van der Waals surface area contributed by atoms with Gasteiger partial charge in [-0.25, -0.2) is 4.98 Å². The molecule has 0 spiro atoms. The number of imidazole rings is 1. The Morgan fingerprint density at radius 1 is 1.08 bits per heavy atom. The first-order valence-corrected chi connectivity index (χ1v) is 7.71. The molecule has 0 radical (unpaired) electrons. The van der Waals surface area contributed by atoms with Crippen molar-refractivity contribution < 1.29 is 19.3 Å². The first kappa shape index (κ1) is 17.2. The second-order valence-corrected chi connectivity index (χ2v) is 5.35. The number of ether oxygens (including phenoxy) is 3. The van der Waals surface area contributed by atoms with E-state index in [0.717, 1.165) is 5.52 Å². The number of aliphatic hydroxyl groups is 1. The third kappa shape index (κ3) is 2.89. The lowest BCUT2D eigenvalue weighted by Crippen LogP contribution is -1.98. The molecule has 2 aromatic carbocycles. The van der Waals surface area contributed by atoms with Gasteiger partial charge in [-0.05, 0) is 24.3 Å². The summed E-state index contributed by atoms with van der Waals surface area (Å²) in [5.41, 5.74) is 1.83. The smallest absolute Gasteiger partial charge is 0.203 e. The highest BCUT2D eigenvalue weighted by Gasteiger charge is 2.19. The van der Waals surface area contributed by atoms with Crippen LogP contribution in [0.3, 0.4) is 0 Å². The zero-order valence-electron chi connectivity index (χ0n) is 14.5. The third-order valence-electron chi connectivity index (χ3n) is 3.91. The van der Waals surface area contributed by atoms with E-state index in [2.05, 4.69) is 9.97 Å². The number of allylic oxidation sites excluding steroid dienone is 1. The van der Waals surface area contributed by atoms with Crippen molar-refractivity contribution in [2.75, 3.05) is 21.3 Å². The molecule has 132 valence electrons. The van der Waals surface area contributed by atoms with Crippen molar-refractivity contribution in [3.8, 4) is 23.3 Å². The number of nitriles is 1. The van der Waals surface area contributed by atoms with E-state index < -0.39 is 0 Å². The molecule has 0 atom stereocenters. The van der Waals surface area contributed by atoms with Crippen molar-refractivity contribution in [1.82, 2.24) is 9.97 Å². The first-order chi connectivity index (χ1) is 12.6. The number of H-pyrrole nitrogens is 1. The van der Waals surface area contributed by atoms with Crippen molar-refractivity contribution in [2.24, 2.45) is 0 Å². The lowest BCUT2D eigenvalue weighted by atomic mass is 10.1. The number of hydrogen-bond acceptors (Lipinski definition) is 6. The van der Waals surface area contributed by atoms with E-state index in [-0.39, 0.29) is 17.2 Å². The Balaban J connectivity index is 2.18. The third-order valence-corrected chi connectivity index (χ3v) is 3.91. The van der Waals surface area contributed by atoms with E-state index in [4.69, 9.17) is 14.2 Å². The van der Waals surface area contributed by atoms with Crippen LogP contribution in [0.1, 0.15) is 11.4 Å². The van der Waals surface area contributed by atoms with Crippen LogP contribution >= 0.6 is 0 Å². The summed E-state index contributed by atoms with van der Waals surface area (Å²) in [7, 11) is 4.45. The standard InChI is InChI=1S/C19H17N3O4/c1-24-15-8-11(9-16(25-2)18(15)26-3)17(23)12(10-20)19-21-13-6-4-5-7-14(13)22-19/h4-9,23H,1-3H3,(H,21,22). The maximum Gasteiger partial charge on any atom is 0.203 e. The molecule has 0 aliphatic heterocycles. The summed E-state index contributed by atoms with van der Waals surface area (Å²) in [4.78, 5) is 7.40. The molecule has 2 N–H and O–H groups in total. The van der Waals surface area contributed by atoms with Gasteiger partial charge in [0.2, 0.25) is 5.75 Å². The Morgan fingerprint density at radius 3 is 2.27 bits per heavy atom. The van der Waals surface area contributed by atoms with Gasteiger partial charge in [-0.3, -0.25) is 0 Å². The fourth-order valence-electron chi connectivity index (χ4n) is 2.65. The maximum absolute atomic E-state index is 10.7. The lowest BCUT2D eigenvalue weighted by Gasteiger charge is -2.14. The Morgan fingerprint density at radius 2 is 1.73 bits per heavy atom. The Kier molecular flexibility index (Phi) is 4.67. The van der Waals surface area contributed by atoms with Crippen LogP contribution in [0.4, 0.5) is 0 Å². The minimum Gasteiger partial charge on any atom is -0.506 e. The van der Waals surface area contributed by atoms with Gasteiger partial charge < -0.3 is 24.3 Å².